The molecule has 2 aromatic rings. The zero-order chi connectivity index (χ0) is 39.2. The van der Waals surface area contributed by atoms with Crippen molar-refractivity contribution in [2.75, 3.05) is 26.2 Å². The van der Waals surface area contributed by atoms with E-state index in [4.69, 9.17) is 17.2 Å². The SMILES string of the molecule is CC(C)C[C@@H](NC(=O)[C@H](CC(=O)[C@H](N)Cc1ccccc1)Cc1ccccc1)C(=O)C[C@H](CCN=C(N)N)C(=O)N1CCC(N2CCC[C@H]2C(=O)O)CC1. The average molecular weight is 746 g/mol. The topological polar surface area (TPSA) is 215 Å². The van der Waals surface area contributed by atoms with Crippen molar-refractivity contribution in [1.29, 1.82) is 0 Å². The molecule has 2 aliphatic rings. The number of aliphatic imine (C=N–C) groups is 1. The number of carbonyl (C=O) groups is 5. The molecule has 0 radical (unpaired) electrons. The molecule has 294 valence electrons. The van der Waals surface area contributed by atoms with Crippen LogP contribution in [0.15, 0.2) is 65.7 Å². The van der Waals surface area contributed by atoms with E-state index in [1.54, 1.807) is 4.90 Å². The Bertz CT molecular complexity index is 1570. The Hall–Kier alpha value is -4.62. The van der Waals surface area contributed by atoms with Gasteiger partial charge in [-0.1, -0.05) is 74.5 Å². The van der Waals surface area contributed by atoms with Crippen molar-refractivity contribution in [3.8, 4) is 0 Å². The number of piperidine rings is 1. The molecule has 13 heteroatoms. The zero-order valence-corrected chi connectivity index (χ0v) is 31.8. The lowest BCUT2D eigenvalue weighted by Crippen LogP contribution is -2.51. The van der Waals surface area contributed by atoms with E-state index in [9.17, 15) is 29.1 Å². The first-order chi connectivity index (χ1) is 25.8. The minimum atomic E-state index is -0.879. The number of amides is 2. The molecule has 5 atom stereocenters. The van der Waals surface area contributed by atoms with E-state index in [2.05, 4.69) is 15.2 Å². The smallest absolute Gasteiger partial charge is 0.320 e. The van der Waals surface area contributed by atoms with Gasteiger partial charge in [0.2, 0.25) is 11.8 Å². The van der Waals surface area contributed by atoms with Gasteiger partial charge in [0.25, 0.3) is 0 Å². The Morgan fingerprint density at radius 2 is 1.43 bits per heavy atom. The number of Topliss-reactive ketones (excluding diaryl/α,β-unsaturated/α-hetero) is 2. The van der Waals surface area contributed by atoms with Gasteiger partial charge in [0, 0.05) is 50.4 Å². The highest BCUT2D eigenvalue weighted by atomic mass is 16.4. The van der Waals surface area contributed by atoms with E-state index in [-0.39, 0.29) is 61.2 Å². The highest BCUT2D eigenvalue weighted by Gasteiger charge is 2.39. The molecule has 0 aromatic heterocycles. The highest BCUT2D eigenvalue weighted by Crippen LogP contribution is 2.28. The van der Waals surface area contributed by atoms with E-state index in [1.165, 1.54) is 0 Å². The maximum Gasteiger partial charge on any atom is 0.320 e. The Kier molecular flexibility index (Phi) is 16.2. The van der Waals surface area contributed by atoms with Crippen molar-refractivity contribution >= 4 is 35.3 Å². The van der Waals surface area contributed by atoms with Crippen molar-refractivity contribution in [2.24, 2.45) is 39.9 Å². The van der Waals surface area contributed by atoms with Crippen LogP contribution in [0.1, 0.15) is 76.3 Å². The van der Waals surface area contributed by atoms with Gasteiger partial charge in [0.05, 0.1) is 12.1 Å². The van der Waals surface area contributed by atoms with Crippen LogP contribution in [0.25, 0.3) is 0 Å². The summed E-state index contributed by atoms with van der Waals surface area (Å²) in [5.41, 5.74) is 19.3. The predicted octanol–water partition coefficient (Wildman–Crippen LogP) is 2.68. The number of nitrogens with one attached hydrogen (secondary N) is 1. The van der Waals surface area contributed by atoms with Gasteiger partial charge in [-0.3, -0.25) is 33.9 Å². The number of likely N-dealkylation sites (tertiary alicyclic amines) is 2. The van der Waals surface area contributed by atoms with Gasteiger partial charge in [-0.25, -0.2) is 0 Å². The van der Waals surface area contributed by atoms with E-state index in [0.29, 0.717) is 51.6 Å². The third-order valence-corrected chi connectivity index (χ3v) is 10.7. The van der Waals surface area contributed by atoms with Gasteiger partial charge in [0.15, 0.2) is 17.5 Å². The van der Waals surface area contributed by atoms with Gasteiger partial charge in [-0.05, 0) is 75.0 Å². The average Bonchev–Trinajstić information content (AvgIpc) is 3.65. The number of nitrogens with two attached hydrogens (primary N) is 3. The first kappa shape index (κ1) is 42.1. The molecule has 13 nitrogen and oxygen atoms in total. The van der Waals surface area contributed by atoms with Crippen LogP contribution < -0.4 is 22.5 Å². The number of carboxylic acid groups (broad SMARTS) is 1. The van der Waals surface area contributed by atoms with Crippen molar-refractivity contribution in [3.63, 3.8) is 0 Å². The summed E-state index contributed by atoms with van der Waals surface area (Å²) in [4.78, 5) is 75.3. The van der Waals surface area contributed by atoms with Crippen LogP contribution in [0.3, 0.4) is 0 Å². The monoisotopic (exact) mass is 745 g/mol. The number of nitrogens with zero attached hydrogens (tertiary/aromatic N) is 3. The van der Waals surface area contributed by atoms with Gasteiger partial charge in [-0.2, -0.15) is 0 Å². The molecule has 0 spiro atoms. The Labute approximate surface area is 319 Å². The van der Waals surface area contributed by atoms with Crippen molar-refractivity contribution < 1.29 is 29.1 Å². The number of carbonyl (C=O) groups excluding carboxylic acids is 4. The molecule has 2 saturated heterocycles. The van der Waals surface area contributed by atoms with Crippen molar-refractivity contribution in [1.82, 2.24) is 15.1 Å². The van der Waals surface area contributed by atoms with Crippen LogP contribution in [0, 0.1) is 17.8 Å². The number of rotatable bonds is 20. The molecular formula is C41H59N7O6. The fourth-order valence-corrected chi connectivity index (χ4v) is 7.78. The minimum Gasteiger partial charge on any atom is -0.480 e. The van der Waals surface area contributed by atoms with E-state index in [0.717, 1.165) is 24.1 Å². The lowest BCUT2D eigenvalue weighted by Gasteiger charge is -2.39. The van der Waals surface area contributed by atoms with Gasteiger partial charge < -0.3 is 32.5 Å². The van der Waals surface area contributed by atoms with Crippen LogP contribution in [0.2, 0.25) is 0 Å². The maximum atomic E-state index is 14.1. The number of ketones is 2. The van der Waals surface area contributed by atoms with Crippen LogP contribution in [0.5, 0.6) is 0 Å². The number of carboxylic acids is 1. The largest absolute Gasteiger partial charge is 0.480 e. The normalized spacial score (nSPS) is 18.7. The Morgan fingerprint density at radius 1 is 0.833 bits per heavy atom. The summed E-state index contributed by atoms with van der Waals surface area (Å²) in [6.45, 7) is 5.71. The quantitative estimate of drug-likeness (QED) is 0.0987. The first-order valence-electron chi connectivity index (χ1n) is 19.3. The molecule has 2 fully saturated rings. The van der Waals surface area contributed by atoms with Crippen molar-refractivity contribution in [3.05, 3.63) is 71.8 Å². The highest BCUT2D eigenvalue weighted by molar-refractivity contribution is 5.95. The summed E-state index contributed by atoms with van der Waals surface area (Å²) in [6, 6.07) is 16.8. The predicted molar refractivity (Wildman–Crippen MR) is 208 cm³/mol. The second kappa shape index (κ2) is 20.7. The van der Waals surface area contributed by atoms with Crippen LogP contribution in [-0.4, -0.2) is 101 Å². The standard InChI is InChI=1S/C41H59N7O6/c1-27(2)22-34(46-38(51)31(23-28-10-5-3-6-11-28)26-36(49)33(42)24-29-12-7-4-8-13-29)37(50)25-30(15-18-45-41(43)44)39(52)47-20-16-32(17-21-47)48-19-9-14-35(48)40(53)54/h3-8,10-13,27,30-35H,9,14-26,42H2,1-2H3,(H,46,51)(H,53,54)(H4,43,44,45)/t30-,31-,33+,34+,35-/m0/s1. The third kappa shape index (κ3) is 12.8. The molecular weight excluding hydrogens is 686 g/mol. The second-order valence-corrected chi connectivity index (χ2v) is 15.3. The van der Waals surface area contributed by atoms with Gasteiger partial charge >= 0.3 is 5.97 Å². The summed E-state index contributed by atoms with van der Waals surface area (Å²) in [6.07, 6.45) is 3.78. The maximum absolute atomic E-state index is 14.1. The summed E-state index contributed by atoms with van der Waals surface area (Å²) in [5.74, 6) is -3.47. The number of hydrogen-bond donors (Lipinski definition) is 5. The van der Waals surface area contributed by atoms with Crippen molar-refractivity contribution in [2.45, 2.75) is 102 Å². The zero-order valence-electron chi connectivity index (χ0n) is 31.8. The van der Waals surface area contributed by atoms with Crippen LogP contribution in [-0.2, 0) is 36.8 Å². The van der Waals surface area contributed by atoms with Crippen LogP contribution in [0.4, 0.5) is 0 Å². The number of hydrogen-bond acceptors (Lipinski definition) is 8. The lowest BCUT2D eigenvalue weighted by molar-refractivity contribution is -0.145. The molecule has 0 bridgehead atoms. The lowest BCUT2D eigenvalue weighted by atomic mass is 9.88. The molecule has 8 N–H and O–H groups in total. The molecule has 54 heavy (non-hydrogen) atoms. The molecule has 0 aliphatic carbocycles. The molecule has 2 heterocycles. The fraction of sp³-hybridized carbons (Fsp3) is 0.561. The van der Waals surface area contributed by atoms with E-state index in [1.807, 2.05) is 74.5 Å². The van der Waals surface area contributed by atoms with E-state index < -0.39 is 41.8 Å². The fourth-order valence-electron chi connectivity index (χ4n) is 7.78. The molecule has 2 aliphatic heterocycles. The Balaban J connectivity index is 1.47. The third-order valence-electron chi connectivity index (χ3n) is 10.7. The molecule has 2 aromatic carbocycles. The van der Waals surface area contributed by atoms with Gasteiger partial charge in [-0.15, -0.1) is 0 Å². The van der Waals surface area contributed by atoms with E-state index >= 15 is 0 Å². The number of benzene rings is 2. The minimum absolute atomic E-state index is 0.0442. The van der Waals surface area contributed by atoms with Crippen LogP contribution >= 0.6 is 0 Å². The second-order valence-electron chi connectivity index (χ2n) is 15.3. The molecule has 0 unspecified atom stereocenters. The van der Waals surface area contributed by atoms with Gasteiger partial charge in [0.1, 0.15) is 6.04 Å². The summed E-state index contributed by atoms with van der Waals surface area (Å²) in [5, 5.41) is 12.7. The number of aliphatic carboxylic acids is 1. The summed E-state index contributed by atoms with van der Waals surface area (Å²) < 4.78 is 0. The molecule has 0 saturated carbocycles. The summed E-state index contributed by atoms with van der Waals surface area (Å²) in [7, 11) is 0. The number of guanidine groups is 1. The molecule has 2 amide bonds. The molecule has 4 rings (SSSR count). The first-order valence-corrected chi connectivity index (χ1v) is 19.3. The Morgan fingerprint density at radius 3 is 2.00 bits per heavy atom. The summed E-state index contributed by atoms with van der Waals surface area (Å²) >= 11 is 0.